The zero-order valence-corrected chi connectivity index (χ0v) is 14.5. The van der Waals surface area contributed by atoms with E-state index in [0.717, 1.165) is 50.3 Å². The van der Waals surface area contributed by atoms with E-state index in [0.29, 0.717) is 11.6 Å². The van der Waals surface area contributed by atoms with Gasteiger partial charge in [0.2, 0.25) is 5.95 Å². The molecule has 1 aromatic heterocycles. The highest BCUT2D eigenvalue weighted by atomic mass is 19.1. The first-order chi connectivity index (χ1) is 12.0. The van der Waals surface area contributed by atoms with Gasteiger partial charge in [0.05, 0.1) is 5.69 Å². The van der Waals surface area contributed by atoms with E-state index in [1.807, 2.05) is 6.07 Å². The zero-order valence-electron chi connectivity index (χ0n) is 14.5. The van der Waals surface area contributed by atoms with Crippen molar-refractivity contribution in [1.29, 1.82) is 0 Å². The maximum atomic E-state index is 13.3. The van der Waals surface area contributed by atoms with Crippen LogP contribution in [-0.2, 0) is 6.42 Å². The number of aromatic nitrogens is 2. The number of halogens is 1. The van der Waals surface area contributed by atoms with Crippen molar-refractivity contribution in [3.63, 3.8) is 0 Å². The Bertz CT molecular complexity index is 736. The number of anilines is 4. The predicted octanol–water partition coefficient (Wildman–Crippen LogP) is 2.82. The first-order valence-corrected chi connectivity index (χ1v) is 8.75. The van der Waals surface area contributed by atoms with Crippen molar-refractivity contribution in [1.82, 2.24) is 9.97 Å². The third-order valence-electron chi connectivity index (χ3n) is 4.31. The van der Waals surface area contributed by atoms with Crippen LogP contribution >= 0.6 is 0 Å². The molecular formula is C18H25FN6. The Morgan fingerprint density at radius 1 is 1.32 bits per heavy atom. The molecule has 0 amide bonds. The molecule has 1 aliphatic rings. The van der Waals surface area contributed by atoms with E-state index in [4.69, 9.17) is 11.5 Å². The standard InChI is InChI=1S/C18H25FN6/c1-2-4-13-10-17(25-8-3-5-12(20)11-25)24-18(22-13)23-14-6-7-15(19)16(21)9-14/h6-7,9-10,12H,2-5,8,11,20-21H2,1H3,(H,22,23,24). The average Bonchev–Trinajstić information content (AvgIpc) is 2.58. The van der Waals surface area contributed by atoms with Gasteiger partial charge in [0, 0.05) is 36.6 Å². The van der Waals surface area contributed by atoms with Gasteiger partial charge in [0.25, 0.3) is 0 Å². The maximum Gasteiger partial charge on any atom is 0.229 e. The lowest BCUT2D eigenvalue weighted by Crippen LogP contribution is -2.43. The van der Waals surface area contributed by atoms with Gasteiger partial charge < -0.3 is 21.7 Å². The first-order valence-electron chi connectivity index (χ1n) is 8.75. The minimum absolute atomic E-state index is 0.0944. The van der Waals surface area contributed by atoms with Gasteiger partial charge in [-0.05, 0) is 37.5 Å². The molecule has 2 aromatic rings. The van der Waals surface area contributed by atoms with Gasteiger partial charge >= 0.3 is 0 Å². The Hall–Kier alpha value is -2.41. The summed E-state index contributed by atoms with van der Waals surface area (Å²) in [5, 5.41) is 3.13. The Labute approximate surface area is 147 Å². The van der Waals surface area contributed by atoms with Gasteiger partial charge in [0.1, 0.15) is 11.6 Å². The Balaban J connectivity index is 1.88. The van der Waals surface area contributed by atoms with Gasteiger partial charge in [0.15, 0.2) is 0 Å². The molecule has 0 saturated carbocycles. The number of rotatable bonds is 5. The molecule has 1 aromatic carbocycles. The highest BCUT2D eigenvalue weighted by Crippen LogP contribution is 2.23. The fourth-order valence-electron chi connectivity index (χ4n) is 3.05. The summed E-state index contributed by atoms with van der Waals surface area (Å²) in [6.45, 7) is 3.86. The molecule has 2 heterocycles. The van der Waals surface area contributed by atoms with Crippen LogP contribution in [0.3, 0.4) is 0 Å². The van der Waals surface area contributed by atoms with Gasteiger partial charge in [-0.25, -0.2) is 9.37 Å². The largest absolute Gasteiger partial charge is 0.396 e. The molecule has 3 rings (SSSR count). The SMILES string of the molecule is CCCc1cc(N2CCCC(N)C2)nc(Nc2ccc(F)c(N)c2)n1. The number of piperidine rings is 1. The summed E-state index contributed by atoms with van der Waals surface area (Å²) < 4.78 is 13.3. The van der Waals surface area contributed by atoms with E-state index >= 15 is 0 Å². The van der Waals surface area contributed by atoms with Gasteiger partial charge in [-0.15, -0.1) is 0 Å². The van der Waals surface area contributed by atoms with E-state index in [1.165, 1.54) is 6.07 Å². The van der Waals surface area contributed by atoms with Crippen LogP contribution in [0, 0.1) is 5.82 Å². The fraction of sp³-hybridized carbons (Fsp3) is 0.444. The molecule has 25 heavy (non-hydrogen) atoms. The smallest absolute Gasteiger partial charge is 0.229 e. The van der Waals surface area contributed by atoms with Crippen molar-refractivity contribution in [2.24, 2.45) is 5.73 Å². The molecule has 1 atom stereocenters. The summed E-state index contributed by atoms with van der Waals surface area (Å²) in [6, 6.07) is 6.70. The number of aryl methyl sites for hydroxylation is 1. The fourth-order valence-corrected chi connectivity index (χ4v) is 3.05. The van der Waals surface area contributed by atoms with Crippen LogP contribution in [-0.4, -0.2) is 29.1 Å². The summed E-state index contributed by atoms with van der Waals surface area (Å²) in [4.78, 5) is 11.4. The summed E-state index contributed by atoms with van der Waals surface area (Å²) in [7, 11) is 0. The van der Waals surface area contributed by atoms with Crippen LogP contribution in [0.15, 0.2) is 24.3 Å². The lowest BCUT2D eigenvalue weighted by Gasteiger charge is -2.32. The van der Waals surface area contributed by atoms with Gasteiger partial charge in [-0.2, -0.15) is 4.98 Å². The highest BCUT2D eigenvalue weighted by Gasteiger charge is 2.19. The minimum Gasteiger partial charge on any atom is -0.396 e. The van der Waals surface area contributed by atoms with Crippen LogP contribution in [0.25, 0.3) is 0 Å². The molecule has 5 N–H and O–H groups in total. The van der Waals surface area contributed by atoms with Crippen LogP contribution in [0.2, 0.25) is 0 Å². The summed E-state index contributed by atoms with van der Waals surface area (Å²) >= 11 is 0. The quantitative estimate of drug-likeness (QED) is 0.722. The molecule has 134 valence electrons. The molecule has 0 bridgehead atoms. The minimum atomic E-state index is -0.436. The lowest BCUT2D eigenvalue weighted by atomic mass is 10.1. The highest BCUT2D eigenvalue weighted by molar-refractivity contribution is 5.61. The Morgan fingerprint density at radius 3 is 2.88 bits per heavy atom. The molecule has 1 unspecified atom stereocenters. The summed E-state index contributed by atoms with van der Waals surface area (Å²) in [5.74, 6) is 0.937. The van der Waals surface area contributed by atoms with E-state index in [-0.39, 0.29) is 11.7 Å². The van der Waals surface area contributed by atoms with Crippen LogP contribution < -0.4 is 21.7 Å². The van der Waals surface area contributed by atoms with Crippen molar-refractivity contribution in [2.75, 3.05) is 29.0 Å². The monoisotopic (exact) mass is 344 g/mol. The number of nitrogens with zero attached hydrogens (tertiary/aromatic N) is 3. The predicted molar refractivity (Wildman–Crippen MR) is 99.5 cm³/mol. The van der Waals surface area contributed by atoms with Crippen LogP contribution in [0.5, 0.6) is 0 Å². The average molecular weight is 344 g/mol. The molecule has 0 aliphatic carbocycles. The molecule has 1 saturated heterocycles. The van der Waals surface area contributed by atoms with Gasteiger partial charge in [-0.1, -0.05) is 13.3 Å². The number of nitrogens with two attached hydrogens (primary N) is 2. The second kappa shape index (κ2) is 7.65. The third-order valence-corrected chi connectivity index (χ3v) is 4.31. The van der Waals surface area contributed by atoms with Crippen molar-refractivity contribution in [3.8, 4) is 0 Å². The second-order valence-corrected chi connectivity index (χ2v) is 6.50. The van der Waals surface area contributed by atoms with Crippen molar-refractivity contribution >= 4 is 23.1 Å². The van der Waals surface area contributed by atoms with E-state index in [1.54, 1.807) is 12.1 Å². The van der Waals surface area contributed by atoms with Crippen molar-refractivity contribution in [3.05, 3.63) is 35.8 Å². The molecule has 6 nitrogen and oxygen atoms in total. The van der Waals surface area contributed by atoms with Crippen LogP contribution in [0.1, 0.15) is 31.9 Å². The second-order valence-electron chi connectivity index (χ2n) is 6.50. The summed E-state index contributed by atoms with van der Waals surface area (Å²) in [6.07, 6.45) is 3.98. The van der Waals surface area contributed by atoms with Crippen molar-refractivity contribution < 1.29 is 4.39 Å². The number of hydrogen-bond donors (Lipinski definition) is 3. The molecule has 1 fully saturated rings. The Kier molecular flexibility index (Phi) is 5.33. The van der Waals surface area contributed by atoms with E-state index in [9.17, 15) is 4.39 Å². The number of hydrogen-bond acceptors (Lipinski definition) is 6. The number of nitrogen functional groups attached to an aromatic ring is 1. The third kappa shape index (κ3) is 4.36. The Morgan fingerprint density at radius 2 is 2.16 bits per heavy atom. The summed E-state index contributed by atoms with van der Waals surface area (Å²) in [5.41, 5.74) is 13.5. The van der Waals surface area contributed by atoms with Crippen molar-refractivity contribution in [2.45, 2.75) is 38.6 Å². The molecule has 0 spiro atoms. The van der Waals surface area contributed by atoms with Gasteiger partial charge in [-0.3, -0.25) is 0 Å². The maximum absolute atomic E-state index is 13.3. The number of nitrogens with one attached hydrogen (secondary N) is 1. The molecular weight excluding hydrogens is 319 g/mol. The van der Waals surface area contributed by atoms with E-state index in [2.05, 4.69) is 27.1 Å². The molecule has 1 aliphatic heterocycles. The lowest BCUT2D eigenvalue weighted by molar-refractivity contribution is 0.503. The zero-order chi connectivity index (χ0) is 17.8. The van der Waals surface area contributed by atoms with E-state index < -0.39 is 5.82 Å². The van der Waals surface area contributed by atoms with Crippen LogP contribution in [0.4, 0.5) is 27.5 Å². The topological polar surface area (TPSA) is 93.1 Å². The molecule has 0 radical (unpaired) electrons. The normalized spacial score (nSPS) is 17.6. The first kappa shape index (κ1) is 17.4. The molecule has 7 heteroatoms. The number of benzene rings is 1.